The lowest BCUT2D eigenvalue weighted by Crippen LogP contribution is -2.31. The predicted octanol–water partition coefficient (Wildman–Crippen LogP) is 3.55. The van der Waals surface area contributed by atoms with E-state index in [0.717, 1.165) is 0 Å². The second-order valence-corrected chi connectivity index (χ2v) is 4.85. The number of benzene rings is 1. The lowest BCUT2D eigenvalue weighted by atomic mass is 9.82. The maximum absolute atomic E-state index is 13.1. The van der Waals surface area contributed by atoms with Crippen LogP contribution in [-0.4, -0.2) is 16.1 Å². The van der Waals surface area contributed by atoms with Crippen LogP contribution in [0.4, 0.5) is 13.2 Å². The first kappa shape index (κ1) is 13.5. The van der Waals surface area contributed by atoms with E-state index in [0.29, 0.717) is 0 Å². The monoisotopic (exact) mass is 271 g/mol. The number of H-pyrrole nitrogens is 1. The third-order valence-corrected chi connectivity index (χ3v) is 3.15. The van der Waals surface area contributed by atoms with Crippen LogP contribution in [0.3, 0.4) is 0 Å². The Morgan fingerprint density at radius 2 is 1.79 bits per heavy atom. The molecular weight excluding hydrogens is 259 g/mol. The van der Waals surface area contributed by atoms with Crippen molar-refractivity contribution >= 4 is 16.9 Å². The first-order valence-electron chi connectivity index (χ1n) is 5.57. The molecule has 0 aliphatic heterocycles. The van der Waals surface area contributed by atoms with E-state index in [4.69, 9.17) is 0 Å². The highest BCUT2D eigenvalue weighted by molar-refractivity contribution is 5.93. The number of carbonyl (C=O) groups is 1. The fourth-order valence-electron chi connectivity index (χ4n) is 2.11. The van der Waals surface area contributed by atoms with E-state index in [1.807, 2.05) is 0 Å². The number of alkyl halides is 3. The summed E-state index contributed by atoms with van der Waals surface area (Å²) in [7, 11) is 0. The molecule has 0 bridgehead atoms. The number of carboxylic acids is 1. The van der Waals surface area contributed by atoms with Crippen molar-refractivity contribution in [2.75, 3.05) is 0 Å². The van der Waals surface area contributed by atoms with Gasteiger partial charge in [0.25, 0.3) is 0 Å². The highest BCUT2D eigenvalue weighted by atomic mass is 19.4. The van der Waals surface area contributed by atoms with Gasteiger partial charge in [0.2, 0.25) is 0 Å². The Morgan fingerprint density at radius 3 is 2.32 bits per heavy atom. The molecule has 0 aliphatic carbocycles. The van der Waals surface area contributed by atoms with Crippen molar-refractivity contribution in [3.05, 3.63) is 35.5 Å². The summed E-state index contributed by atoms with van der Waals surface area (Å²) < 4.78 is 39.2. The number of hydrogen-bond donors (Lipinski definition) is 2. The highest BCUT2D eigenvalue weighted by Crippen LogP contribution is 2.41. The summed E-state index contributed by atoms with van der Waals surface area (Å²) in [5, 5.41) is 9.46. The molecule has 2 rings (SSSR count). The molecule has 0 amide bonds. The van der Waals surface area contributed by atoms with Gasteiger partial charge in [-0.2, -0.15) is 13.2 Å². The van der Waals surface area contributed by atoms with E-state index in [2.05, 4.69) is 4.98 Å². The van der Waals surface area contributed by atoms with Gasteiger partial charge in [-0.1, -0.05) is 18.2 Å². The van der Waals surface area contributed by atoms with Gasteiger partial charge in [0.15, 0.2) is 0 Å². The minimum atomic E-state index is -4.62. The fourth-order valence-corrected chi connectivity index (χ4v) is 2.11. The van der Waals surface area contributed by atoms with Crippen molar-refractivity contribution in [1.29, 1.82) is 0 Å². The lowest BCUT2D eigenvalue weighted by Gasteiger charge is -2.21. The van der Waals surface area contributed by atoms with Crippen LogP contribution in [0.2, 0.25) is 0 Å². The van der Waals surface area contributed by atoms with E-state index in [9.17, 15) is 23.1 Å². The van der Waals surface area contributed by atoms with Gasteiger partial charge < -0.3 is 10.1 Å². The molecule has 0 atom stereocenters. The summed E-state index contributed by atoms with van der Waals surface area (Å²) in [5.74, 6) is -1.30. The Hall–Kier alpha value is -1.98. The van der Waals surface area contributed by atoms with Crippen molar-refractivity contribution < 1.29 is 23.1 Å². The molecule has 0 saturated carbocycles. The van der Waals surface area contributed by atoms with Crippen LogP contribution in [0.5, 0.6) is 0 Å². The summed E-state index contributed by atoms with van der Waals surface area (Å²) in [6.07, 6.45) is -4.62. The summed E-state index contributed by atoms with van der Waals surface area (Å²) in [6, 6.07) is 6.15. The van der Waals surface area contributed by atoms with Crippen LogP contribution in [-0.2, 0) is 16.4 Å². The minimum Gasteiger partial charge on any atom is -0.481 e. The Morgan fingerprint density at radius 1 is 1.21 bits per heavy atom. The molecule has 0 unspecified atom stereocenters. The van der Waals surface area contributed by atoms with Crippen molar-refractivity contribution in [3.63, 3.8) is 0 Å². The van der Waals surface area contributed by atoms with E-state index < -0.39 is 23.3 Å². The van der Waals surface area contributed by atoms with Crippen LogP contribution in [0.15, 0.2) is 24.3 Å². The second kappa shape index (κ2) is 4.01. The number of aromatic nitrogens is 1. The molecule has 0 aliphatic rings. The largest absolute Gasteiger partial charge is 0.481 e. The Kier molecular flexibility index (Phi) is 2.84. The molecule has 19 heavy (non-hydrogen) atoms. The zero-order valence-electron chi connectivity index (χ0n) is 10.3. The molecule has 6 heteroatoms. The van der Waals surface area contributed by atoms with Gasteiger partial charge in [-0.05, 0) is 19.9 Å². The first-order valence-corrected chi connectivity index (χ1v) is 5.57. The maximum atomic E-state index is 13.1. The van der Waals surface area contributed by atoms with Crippen LogP contribution >= 0.6 is 0 Å². The molecule has 0 saturated heterocycles. The number of hydrogen-bond acceptors (Lipinski definition) is 1. The van der Waals surface area contributed by atoms with Gasteiger partial charge in [-0.15, -0.1) is 0 Å². The van der Waals surface area contributed by atoms with E-state index in [-0.39, 0.29) is 16.5 Å². The van der Waals surface area contributed by atoms with E-state index in [1.54, 1.807) is 12.1 Å². The molecule has 2 aromatic rings. The standard InChI is InChI=1S/C13H12F3NO2/c1-12(2,11(18)19)9-7-5-3-4-6-8(7)17-10(9)13(14,15)16/h3-6,17H,1-2H3,(H,18,19). The van der Waals surface area contributed by atoms with E-state index >= 15 is 0 Å². The molecular formula is C13H12F3NO2. The summed E-state index contributed by atoms with van der Waals surface area (Å²) in [6.45, 7) is 2.53. The number of aliphatic carboxylic acids is 1. The second-order valence-electron chi connectivity index (χ2n) is 4.85. The zero-order valence-corrected chi connectivity index (χ0v) is 10.3. The van der Waals surface area contributed by atoms with Gasteiger partial charge in [-0.3, -0.25) is 4.79 Å². The number of carboxylic acid groups (broad SMARTS) is 1. The summed E-state index contributed by atoms with van der Waals surface area (Å²) in [5.41, 5.74) is -2.59. The van der Waals surface area contributed by atoms with E-state index in [1.165, 1.54) is 26.0 Å². The average molecular weight is 271 g/mol. The van der Waals surface area contributed by atoms with Gasteiger partial charge in [0, 0.05) is 16.5 Å². The normalized spacial score (nSPS) is 12.9. The van der Waals surface area contributed by atoms with Crippen LogP contribution in [0, 0.1) is 0 Å². The van der Waals surface area contributed by atoms with Crippen LogP contribution in [0.1, 0.15) is 25.1 Å². The number of halogens is 3. The van der Waals surface area contributed by atoms with Crippen molar-refractivity contribution in [1.82, 2.24) is 4.98 Å². The molecule has 0 spiro atoms. The first-order chi connectivity index (χ1) is 8.65. The van der Waals surface area contributed by atoms with Crippen LogP contribution < -0.4 is 0 Å². The number of nitrogens with one attached hydrogen (secondary N) is 1. The summed E-state index contributed by atoms with van der Waals surface area (Å²) >= 11 is 0. The van der Waals surface area contributed by atoms with Crippen molar-refractivity contribution in [2.24, 2.45) is 0 Å². The third kappa shape index (κ3) is 2.07. The molecule has 3 nitrogen and oxygen atoms in total. The van der Waals surface area contributed by atoms with Gasteiger partial charge in [-0.25, -0.2) is 0 Å². The third-order valence-electron chi connectivity index (χ3n) is 3.15. The Labute approximate surface area is 107 Å². The van der Waals surface area contributed by atoms with Gasteiger partial charge in [0.05, 0.1) is 5.41 Å². The molecule has 1 heterocycles. The number of para-hydroxylation sites is 1. The minimum absolute atomic E-state index is 0.233. The quantitative estimate of drug-likeness (QED) is 0.877. The number of fused-ring (bicyclic) bond motifs is 1. The van der Waals surface area contributed by atoms with Gasteiger partial charge >= 0.3 is 12.1 Å². The predicted molar refractivity (Wildman–Crippen MR) is 64.0 cm³/mol. The molecule has 1 aromatic carbocycles. The summed E-state index contributed by atoms with van der Waals surface area (Å²) in [4.78, 5) is 13.5. The van der Waals surface area contributed by atoms with Gasteiger partial charge in [0.1, 0.15) is 5.69 Å². The highest BCUT2D eigenvalue weighted by Gasteiger charge is 2.43. The van der Waals surface area contributed by atoms with Crippen molar-refractivity contribution in [2.45, 2.75) is 25.4 Å². The number of aromatic amines is 1. The molecule has 0 fully saturated rings. The lowest BCUT2D eigenvalue weighted by molar-refractivity contribution is -0.145. The molecule has 102 valence electrons. The number of rotatable bonds is 2. The topological polar surface area (TPSA) is 53.1 Å². The fraction of sp³-hybridized carbons (Fsp3) is 0.308. The molecule has 0 radical (unpaired) electrons. The van der Waals surface area contributed by atoms with Crippen molar-refractivity contribution in [3.8, 4) is 0 Å². The Balaban J connectivity index is 2.87. The SMILES string of the molecule is CC(C)(C(=O)O)c1c(C(F)(F)F)[nH]c2ccccc12. The van der Waals surface area contributed by atoms with Crippen LogP contribution in [0.25, 0.3) is 10.9 Å². The molecule has 2 N–H and O–H groups in total. The zero-order chi connectivity index (χ0) is 14.4. The molecule has 1 aromatic heterocycles. The average Bonchev–Trinajstić information content (AvgIpc) is 2.68. The Bertz CT molecular complexity index is 641. The maximum Gasteiger partial charge on any atom is 0.431 e. The smallest absolute Gasteiger partial charge is 0.431 e.